The lowest BCUT2D eigenvalue weighted by molar-refractivity contribution is 0.270. The van der Waals surface area contributed by atoms with E-state index in [2.05, 4.69) is 41.5 Å². The van der Waals surface area contributed by atoms with Gasteiger partial charge in [-0.1, -0.05) is 91.9 Å². The van der Waals surface area contributed by atoms with Crippen LogP contribution in [0.5, 0.6) is 5.75 Å². The molecule has 1 rings (SSSR count). The Morgan fingerprint density at radius 1 is 0.968 bits per heavy atom. The van der Waals surface area contributed by atoms with Gasteiger partial charge in [0.1, 0.15) is 11.9 Å². The zero-order chi connectivity index (χ0) is 24.5. The molecule has 5 nitrogen and oxygen atoms in total. The number of rotatable bonds is 9. The standard InChI is InChI=1S/C14H23O4P.C10H21OP/c1-13(2,3)10-7-8-12(18-19(15,16)17)11(9-10)14(4,5)6;1-4-7-8-10(5-2,6-3)9-12-11/h7-9H,1-6H3,(H2,15,16,17);4-9H2,1-3H3/p+1. The van der Waals surface area contributed by atoms with Crippen LogP contribution in [0.25, 0.3) is 0 Å². The van der Waals surface area contributed by atoms with Gasteiger partial charge in [-0.2, -0.15) is 0 Å². The van der Waals surface area contributed by atoms with E-state index in [1.165, 1.54) is 32.1 Å². The number of phosphoric acid groups is 1. The van der Waals surface area contributed by atoms with Crippen molar-refractivity contribution in [2.75, 3.05) is 6.16 Å². The Labute approximate surface area is 191 Å². The normalized spacial score (nSPS) is 13.0. The summed E-state index contributed by atoms with van der Waals surface area (Å²) in [6.45, 7) is 18.9. The van der Waals surface area contributed by atoms with Crippen LogP contribution in [0.4, 0.5) is 0 Å². The number of phosphoric ester groups is 1. The molecule has 0 bridgehead atoms. The molecule has 0 aromatic heterocycles. The second-order valence-corrected chi connectivity index (χ2v) is 12.2. The third kappa shape index (κ3) is 11.1. The topological polar surface area (TPSA) is 83.8 Å². The molecule has 0 aliphatic carbocycles. The van der Waals surface area contributed by atoms with Crippen molar-refractivity contribution in [3.63, 3.8) is 0 Å². The molecule has 7 heteroatoms. The summed E-state index contributed by atoms with van der Waals surface area (Å²) < 4.78 is 26.5. The zero-order valence-electron chi connectivity index (χ0n) is 21.0. The SMILES string of the molecule is CC(C)(C)c1ccc(OP(=O)(O)O)c(C(C)(C)C)c1.CCCCC(CC)(CC)C[PH+]=O. The van der Waals surface area contributed by atoms with E-state index in [9.17, 15) is 9.13 Å². The van der Waals surface area contributed by atoms with Crippen molar-refractivity contribution in [3.8, 4) is 5.75 Å². The number of hydrogen-bond donors (Lipinski definition) is 2. The fourth-order valence-corrected chi connectivity index (χ4v) is 4.84. The zero-order valence-corrected chi connectivity index (χ0v) is 22.9. The van der Waals surface area contributed by atoms with Crippen LogP contribution in [-0.4, -0.2) is 15.9 Å². The minimum Gasteiger partial charge on any atom is -0.404 e. The van der Waals surface area contributed by atoms with Crippen LogP contribution in [0.15, 0.2) is 18.2 Å². The molecule has 2 N–H and O–H groups in total. The summed E-state index contributed by atoms with van der Waals surface area (Å²) in [5.41, 5.74) is 2.00. The van der Waals surface area contributed by atoms with Crippen molar-refractivity contribution in [2.24, 2.45) is 5.41 Å². The van der Waals surface area contributed by atoms with Crippen molar-refractivity contribution < 1.29 is 23.4 Å². The molecule has 0 spiro atoms. The molecular weight excluding hydrogens is 430 g/mol. The van der Waals surface area contributed by atoms with Crippen molar-refractivity contribution in [2.45, 2.75) is 105 Å². The first-order chi connectivity index (χ1) is 14.0. The second kappa shape index (κ2) is 12.5. The van der Waals surface area contributed by atoms with E-state index in [4.69, 9.17) is 14.3 Å². The van der Waals surface area contributed by atoms with Gasteiger partial charge >= 0.3 is 16.3 Å². The maximum atomic E-state index is 11.0. The van der Waals surface area contributed by atoms with E-state index in [0.717, 1.165) is 17.3 Å². The van der Waals surface area contributed by atoms with Gasteiger partial charge < -0.3 is 4.52 Å². The van der Waals surface area contributed by atoms with Gasteiger partial charge in [0.25, 0.3) is 0 Å². The summed E-state index contributed by atoms with van der Waals surface area (Å²) in [7, 11) is -4.66. The van der Waals surface area contributed by atoms with Crippen molar-refractivity contribution in [1.82, 2.24) is 0 Å². The van der Waals surface area contributed by atoms with Gasteiger partial charge in [-0.3, -0.25) is 9.79 Å². The van der Waals surface area contributed by atoms with Gasteiger partial charge in [-0.15, -0.1) is 0 Å². The summed E-state index contributed by atoms with van der Waals surface area (Å²) in [5, 5.41) is 0. The highest BCUT2D eigenvalue weighted by atomic mass is 31.2. The third-order valence-corrected chi connectivity index (χ3v) is 7.21. The van der Waals surface area contributed by atoms with Crippen molar-refractivity contribution >= 4 is 16.3 Å². The van der Waals surface area contributed by atoms with Crippen LogP contribution in [0, 0.1) is 5.41 Å². The van der Waals surface area contributed by atoms with E-state index >= 15 is 0 Å². The molecule has 31 heavy (non-hydrogen) atoms. The molecular formula is C24H45O5P2+. The molecule has 0 radical (unpaired) electrons. The molecule has 1 atom stereocenters. The molecule has 0 amide bonds. The predicted octanol–water partition coefficient (Wildman–Crippen LogP) is 7.76. The molecule has 1 aromatic rings. The predicted molar refractivity (Wildman–Crippen MR) is 133 cm³/mol. The summed E-state index contributed by atoms with van der Waals surface area (Å²) in [6, 6.07) is 5.45. The first-order valence-electron chi connectivity index (χ1n) is 11.3. The smallest absolute Gasteiger partial charge is 0.404 e. The highest BCUT2D eigenvalue weighted by Gasteiger charge is 2.29. The summed E-state index contributed by atoms with van der Waals surface area (Å²) in [4.78, 5) is 18.0. The Morgan fingerprint density at radius 3 is 1.87 bits per heavy atom. The van der Waals surface area contributed by atoms with Gasteiger partial charge in [0.15, 0.2) is 0 Å². The van der Waals surface area contributed by atoms with Crippen LogP contribution in [0.3, 0.4) is 0 Å². The largest absolute Gasteiger partial charge is 0.524 e. The number of benzene rings is 1. The first kappa shape index (κ1) is 30.3. The van der Waals surface area contributed by atoms with E-state index in [-0.39, 0.29) is 25.0 Å². The van der Waals surface area contributed by atoms with E-state index < -0.39 is 7.82 Å². The third-order valence-electron chi connectivity index (χ3n) is 5.88. The molecule has 0 fully saturated rings. The van der Waals surface area contributed by atoms with E-state index in [1.807, 2.05) is 32.9 Å². The minimum absolute atomic E-state index is 0.0271. The lowest BCUT2D eigenvalue weighted by Crippen LogP contribution is -2.20. The van der Waals surface area contributed by atoms with Crippen LogP contribution in [-0.2, 0) is 20.0 Å². The highest BCUT2D eigenvalue weighted by Crippen LogP contribution is 2.43. The number of hydrogen-bond acceptors (Lipinski definition) is 3. The summed E-state index contributed by atoms with van der Waals surface area (Å²) >= 11 is 0. The Kier molecular flexibility index (Phi) is 12.2. The Balaban J connectivity index is 0.000000649. The molecule has 0 heterocycles. The Morgan fingerprint density at radius 2 is 1.52 bits per heavy atom. The van der Waals surface area contributed by atoms with E-state index in [0.29, 0.717) is 5.41 Å². The maximum absolute atomic E-state index is 11.0. The van der Waals surface area contributed by atoms with Gasteiger partial charge in [0.2, 0.25) is 0 Å². The fourth-order valence-electron chi connectivity index (χ4n) is 3.44. The first-order valence-corrected chi connectivity index (χ1v) is 13.9. The van der Waals surface area contributed by atoms with Gasteiger partial charge in [0.05, 0.1) is 0 Å². The lowest BCUT2D eigenvalue weighted by Gasteiger charge is -2.27. The molecule has 0 saturated carbocycles. The Bertz CT molecular complexity index is 722. The molecule has 0 saturated heterocycles. The van der Waals surface area contributed by atoms with Gasteiger partial charge in [-0.05, 0) is 41.7 Å². The highest BCUT2D eigenvalue weighted by molar-refractivity contribution is 7.46. The van der Waals surface area contributed by atoms with Crippen LogP contribution >= 0.6 is 16.3 Å². The van der Waals surface area contributed by atoms with Crippen LogP contribution in [0.2, 0.25) is 0 Å². The van der Waals surface area contributed by atoms with E-state index in [1.54, 1.807) is 6.07 Å². The average Bonchev–Trinajstić information content (AvgIpc) is 2.63. The maximum Gasteiger partial charge on any atom is 0.524 e. The van der Waals surface area contributed by atoms with Gasteiger partial charge in [-0.25, -0.2) is 4.57 Å². The van der Waals surface area contributed by atoms with Crippen molar-refractivity contribution in [3.05, 3.63) is 29.3 Å². The molecule has 180 valence electrons. The summed E-state index contributed by atoms with van der Waals surface area (Å²) in [6.07, 6.45) is 7.05. The summed E-state index contributed by atoms with van der Waals surface area (Å²) in [5.74, 6) is 0.244. The monoisotopic (exact) mass is 475 g/mol. The molecule has 0 aliphatic rings. The van der Waals surface area contributed by atoms with Crippen LogP contribution < -0.4 is 4.52 Å². The molecule has 0 aliphatic heterocycles. The quantitative estimate of drug-likeness (QED) is 0.357. The Hall–Kier alpha value is -0.730. The molecule has 1 aromatic carbocycles. The fraction of sp³-hybridized carbons (Fsp3) is 0.750. The minimum atomic E-state index is -4.54. The van der Waals surface area contributed by atoms with Gasteiger partial charge in [0, 0.05) is 11.0 Å². The molecule has 1 unspecified atom stereocenters. The lowest BCUT2D eigenvalue weighted by atomic mass is 9.80. The second-order valence-electron chi connectivity index (χ2n) is 10.4. The number of unbranched alkanes of at least 4 members (excludes halogenated alkanes) is 1. The van der Waals surface area contributed by atoms with Crippen molar-refractivity contribution in [1.29, 1.82) is 0 Å². The van der Waals surface area contributed by atoms with Crippen LogP contribution in [0.1, 0.15) is 106 Å². The average molecular weight is 476 g/mol.